The van der Waals surface area contributed by atoms with E-state index in [0.29, 0.717) is 6.04 Å². The SMILES string of the molecule is CC(C)NCc1cc(N(C)CCc2ccccc2)ccn1. The van der Waals surface area contributed by atoms with Crippen LogP contribution in [0.1, 0.15) is 25.1 Å². The topological polar surface area (TPSA) is 28.2 Å². The lowest BCUT2D eigenvalue weighted by Gasteiger charge is -2.20. The lowest BCUT2D eigenvalue weighted by molar-refractivity contribution is 0.581. The summed E-state index contributed by atoms with van der Waals surface area (Å²) in [6.45, 7) is 6.12. The summed E-state index contributed by atoms with van der Waals surface area (Å²) in [5.41, 5.74) is 3.69. The number of likely N-dealkylation sites (N-methyl/N-ethyl adjacent to an activating group) is 1. The van der Waals surface area contributed by atoms with Crippen molar-refractivity contribution in [2.24, 2.45) is 0 Å². The van der Waals surface area contributed by atoms with E-state index >= 15 is 0 Å². The van der Waals surface area contributed by atoms with Gasteiger partial charge in [0.25, 0.3) is 0 Å². The predicted octanol–water partition coefficient (Wildman–Crippen LogP) is 3.26. The molecule has 0 bridgehead atoms. The van der Waals surface area contributed by atoms with Gasteiger partial charge in [-0.1, -0.05) is 44.2 Å². The number of nitrogens with one attached hydrogen (secondary N) is 1. The fraction of sp³-hybridized carbons (Fsp3) is 0.389. The van der Waals surface area contributed by atoms with Gasteiger partial charge < -0.3 is 10.2 Å². The zero-order chi connectivity index (χ0) is 15.1. The van der Waals surface area contributed by atoms with Gasteiger partial charge in [0.15, 0.2) is 0 Å². The smallest absolute Gasteiger partial charge is 0.0562 e. The molecule has 1 aromatic carbocycles. The number of benzene rings is 1. The average Bonchev–Trinajstić information content (AvgIpc) is 2.52. The highest BCUT2D eigenvalue weighted by Crippen LogP contribution is 2.14. The van der Waals surface area contributed by atoms with E-state index in [4.69, 9.17) is 0 Å². The summed E-state index contributed by atoms with van der Waals surface area (Å²) in [5.74, 6) is 0. The maximum absolute atomic E-state index is 4.42. The van der Waals surface area contributed by atoms with Crippen molar-refractivity contribution in [1.29, 1.82) is 0 Å². The Hall–Kier alpha value is -1.87. The van der Waals surface area contributed by atoms with Crippen molar-refractivity contribution in [3.05, 3.63) is 59.9 Å². The molecule has 1 N–H and O–H groups in total. The molecule has 2 rings (SSSR count). The zero-order valence-corrected chi connectivity index (χ0v) is 13.2. The number of pyridine rings is 1. The molecule has 2 aromatic rings. The normalized spacial score (nSPS) is 10.9. The van der Waals surface area contributed by atoms with Gasteiger partial charge in [0.2, 0.25) is 0 Å². The molecule has 3 heteroatoms. The molecule has 1 heterocycles. The average molecular weight is 283 g/mol. The van der Waals surface area contributed by atoms with Crippen LogP contribution < -0.4 is 10.2 Å². The lowest BCUT2D eigenvalue weighted by atomic mass is 10.1. The van der Waals surface area contributed by atoms with Crippen molar-refractivity contribution >= 4 is 5.69 Å². The first-order valence-corrected chi connectivity index (χ1v) is 7.58. The lowest BCUT2D eigenvalue weighted by Crippen LogP contribution is -2.23. The van der Waals surface area contributed by atoms with Gasteiger partial charge in [0.05, 0.1) is 5.69 Å². The van der Waals surface area contributed by atoms with E-state index in [1.165, 1.54) is 11.3 Å². The van der Waals surface area contributed by atoms with Crippen LogP contribution in [-0.4, -0.2) is 24.6 Å². The second-order valence-electron chi connectivity index (χ2n) is 5.70. The van der Waals surface area contributed by atoms with Crippen LogP contribution in [0.2, 0.25) is 0 Å². The van der Waals surface area contributed by atoms with Crippen LogP contribution >= 0.6 is 0 Å². The molecule has 0 amide bonds. The molecule has 0 unspecified atom stereocenters. The second-order valence-corrected chi connectivity index (χ2v) is 5.70. The Morgan fingerprint density at radius 2 is 1.90 bits per heavy atom. The molecular weight excluding hydrogens is 258 g/mol. The summed E-state index contributed by atoms with van der Waals surface area (Å²) in [5, 5.41) is 3.40. The fourth-order valence-corrected chi connectivity index (χ4v) is 2.18. The van der Waals surface area contributed by atoms with Gasteiger partial charge in [-0.2, -0.15) is 0 Å². The van der Waals surface area contributed by atoms with E-state index in [1.54, 1.807) is 0 Å². The Labute approximate surface area is 128 Å². The third-order valence-electron chi connectivity index (χ3n) is 3.51. The van der Waals surface area contributed by atoms with E-state index in [0.717, 1.165) is 25.2 Å². The maximum atomic E-state index is 4.42. The van der Waals surface area contributed by atoms with Gasteiger partial charge in [0, 0.05) is 38.1 Å². The van der Waals surface area contributed by atoms with Crippen molar-refractivity contribution in [2.45, 2.75) is 32.9 Å². The van der Waals surface area contributed by atoms with Crippen molar-refractivity contribution in [2.75, 3.05) is 18.5 Å². The Morgan fingerprint density at radius 1 is 1.14 bits per heavy atom. The van der Waals surface area contributed by atoms with Gasteiger partial charge in [0.1, 0.15) is 0 Å². The Kier molecular flexibility index (Phi) is 5.76. The van der Waals surface area contributed by atoms with Crippen LogP contribution in [0.3, 0.4) is 0 Å². The Bertz CT molecular complexity index is 537. The minimum Gasteiger partial charge on any atom is -0.374 e. The van der Waals surface area contributed by atoms with Gasteiger partial charge in [-0.05, 0) is 24.1 Å². The molecule has 0 saturated carbocycles. The summed E-state index contributed by atoms with van der Waals surface area (Å²) in [4.78, 5) is 6.71. The number of nitrogens with zero attached hydrogens (tertiary/aromatic N) is 2. The molecule has 1 aromatic heterocycles. The molecular formula is C18H25N3. The first kappa shape index (κ1) is 15.5. The monoisotopic (exact) mass is 283 g/mol. The van der Waals surface area contributed by atoms with Crippen molar-refractivity contribution in [3.8, 4) is 0 Å². The first-order valence-electron chi connectivity index (χ1n) is 7.58. The summed E-state index contributed by atoms with van der Waals surface area (Å²) >= 11 is 0. The third kappa shape index (κ3) is 5.20. The summed E-state index contributed by atoms with van der Waals surface area (Å²) in [6.07, 6.45) is 2.95. The van der Waals surface area contributed by atoms with Gasteiger partial charge in [-0.25, -0.2) is 0 Å². The quantitative estimate of drug-likeness (QED) is 0.845. The summed E-state index contributed by atoms with van der Waals surface area (Å²) in [6, 6.07) is 15.3. The molecule has 0 spiro atoms. The highest BCUT2D eigenvalue weighted by Gasteiger charge is 2.04. The van der Waals surface area contributed by atoms with Crippen LogP contribution in [0.25, 0.3) is 0 Å². The summed E-state index contributed by atoms with van der Waals surface area (Å²) < 4.78 is 0. The fourth-order valence-electron chi connectivity index (χ4n) is 2.18. The van der Waals surface area contributed by atoms with Crippen LogP contribution in [0.4, 0.5) is 5.69 Å². The second kappa shape index (κ2) is 7.79. The minimum absolute atomic E-state index is 0.478. The van der Waals surface area contributed by atoms with E-state index in [-0.39, 0.29) is 0 Å². The third-order valence-corrected chi connectivity index (χ3v) is 3.51. The Morgan fingerprint density at radius 3 is 2.62 bits per heavy atom. The highest BCUT2D eigenvalue weighted by atomic mass is 15.1. The Balaban J connectivity index is 1.92. The molecule has 0 aliphatic rings. The maximum Gasteiger partial charge on any atom is 0.0562 e. The first-order chi connectivity index (χ1) is 10.1. The van der Waals surface area contributed by atoms with Crippen molar-refractivity contribution in [1.82, 2.24) is 10.3 Å². The van der Waals surface area contributed by atoms with Gasteiger partial charge in [-0.3, -0.25) is 4.98 Å². The van der Waals surface area contributed by atoms with Crippen LogP contribution in [0, 0.1) is 0 Å². The van der Waals surface area contributed by atoms with Crippen molar-refractivity contribution < 1.29 is 0 Å². The van der Waals surface area contributed by atoms with Gasteiger partial charge in [-0.15, -0.1) is 0 Å². The molecule has 3 nitrogen and oxygen atoms in total. The van der Waals surface area contributed by atoms with Crippen LogP contribution in [0.15, 0.2) is 48.7 Å². The standard InChI is InChI=1S/C18H25N3/c1-15(2)20-14-17-13-18(9-11-19-17)21(3)12-10-16-7-5-4-6-8-16/h4-9,11,13,15,20H,10,12,14H2,1-3H3. The molecule has 0 radical (unpaired) electrons. The molecule has 112 valence electrons. The molecule has 0 saturated heterocycles. The molecule has 0 fully saturated rings. The predicted molar refractivity (Wildman–Crippen MR) is 89.6 cm³/mol. The molecule has 0 aliphatic carbocycles. The number of aromatic nitrogens is 1. The number of hydrogen-bond acceptors (Lipinski definition) is 3. The minimum atomic E-state index is 0.478. The molecule has 0 atom stereocenters. The number of anilines is 1. The number of rotatable bonds is 7. The zero-order valence-electron chi connectivity index (χ0n) is 13.2. The van der Waals surface area contributed by atoms with E-state index in [9.17, 15) is 0 Å². The van der Waals surface area contributed by atoms with Crippen LogP contribution in [-0.2, 0) is 13.0 Å². The molecule has 0 aliphatic heterocycles. The van der Waals surface area contributed by atoms with E-state index in [2.05, 4.69) is 78.6 Å². The largest absolute Gasteiger partial charge is 0.374 e. The highest BCUT2D eigenvalue weighted by molar-refractivity contribution is 5.45. The van der Waals surface area contributed by atoms with Crippen molar-refractivity contribution in [3.63, 3.8) is 0 Å². The van der Waals surface area contributed by atoms with E-state index < -0.39 is 0 Å². The van der Waals surface area contributed by atoms with Gasteiger partial charge >= 0.3 is 0 Å². The summed E-state index contributed by atoms with van der Waals surface area (Å²) in [7, 11) is 2.14. The molecule has 21 heavy (non-hydrogen) atoms. The number of hydrogen-bond donors (Lipinski definition) is 1. The van der Waals surface area contributed by atoms with Crippen LogP contribution in [0.5, 0.6) is 0 Å². The van der Waals surface area contributed by atoms with E-state index in [1.807, 2.05) is 6.20 Å².